The third-order valence-corrected chi connectivity index (χ3v) is 2.44. The van der Waals surface area contributed by atoms with Gasteiger partial charge in [0, 0.05) is 25.7 Å². The molecule has 0 aromatic heterocycles. The Morgan fingerprint density at radius 3 is 2.21 bits per heavy atom. The fourth-order valence-electron chi connectivity index (χ4n) is 1.55. The summed E-state index contributed by atoms with van der Waals surface area (Å²) in [4.78, 5) is 0. The van der Waals surface area contributed by atoms with Crippen molar-refractivity contribution in [2.45, 2.75) is 12.5 Å². The van der Waals surface area contributed by atoms with Gasteiger partial charge >= 0.3 is 0 Å². The van der Waals surface area contributed by atoms with Crippen molar-refractivity contribution in [3.05, 3.63) is 42.0 Å². The van der Waals surface area contributed by atoms with Crippen LogP contribution in [-0.4, -0.2) is 25.7 Å². The standard InChI is InChI=1S/C13H21N3.3ClH/c1-2-11-3-5-12(6-4-11)9-13(15)10-16-8-7-14;;;/h2-6,13,16H,1,7-10,14-15H2;3*1H. The van der Waals surface area contributed by atoms with Crippen LogP contribution in [0.3, 0.4) is 0 Å². The van der Waals surface area contributed by atoms with Crippen molar-refractivity contribution < 1.29 is 0 Å². The van der Waals surface area contributed by atoms with Crippen LogP contribution >= 0.6 is 37.2 Å². The summed E-state index contributed by atoms with van der Waals surface area (Å²) in [6.45, 7) is 6.01. The smallest absolute Gasteiger partial charge is 0.0206 e. The lowest BCUT2D eigenvalue weighted by molar-refractivity contribution is 0.578. The van der Waals surface area contributed by atoms with Crippen molar-refractivity contribution in [3.8, 4) is 0 Å². The molecule has 0 saturated heterocycles. The summed E-state index contributed by atoms with van der Waals surface area (Å²) >= 11 is 0. The Morgan fingerprint density at radius 2 is 1.74 bits per heavy atom. The molecule has 1 aromatic rings. The monoisotopic (exact) mass is 327 g/mol. The normalized spacial score (nSPS) is 10.4. The number of rotatable bonds is 7. The third kappa shape index (κ3) is 10.2. The Kier molecular flexibility index (Phi) is 17.7. The molecule has 19 heavy (non-hydrogen) atoms. The number of hydrogen-bond donors (Lipinski definition) is 3. The van der Waals surface area contributed by atoms with E-state index in [9.17, 15) is 0 Å². The summed E-state index contributed by atoms with van der Waals surface area (Å²) in [6.07, 6.45) is 2.72. The maximum absolute atomic E-state index is 5.99. The van der Waals surface area contributed by atoms with Crippen molar-refractivity contribution in [2.24, 2.45) is 11.5 Å². The quantitative estimate of drug-likeness (QED) is 0.671. The minimum Gasteiger partial charge on any atom is -0.329 e. The van der Waals surface area contributed by atoms with Crippen LogP contribution in [0.5, 0.6) is 0 Å². The van der Waals surface area contributed by atoms with E-state index < -0.39 is 0 Å². The molecule has 3 nitrogen and oxygen atoms in total. The van der Waals surface area contributed by atoms with Gasteiger partial charge in [0.15, 0.2) is 0 Å². The summed E-state index contributed by atoms with van der Waals surface area (Å²) in [5.41, 5.74) is 13.8. The average Bonchev–Trinajstić information content (AvgIpc) is 2.30. The van der Waals surface area contributed by atoms with E-state index in [2.05, 4.69) is 36.2 Å². The molecular weight excluding hydrogens is 305 g/mol. The zero-order chi connectivity index (χ0) is 11.8. The molecule has 5 N–H and O–H groups in total. The third-order valence-electron chi connectivity index (χ3n) is 2.44. The summed E-state index contributed by atoms with van der Waals surface area (Å²) in [5.74, 6) is 0. The highest BCUT2D eigenvalue weighted by Gasteiger charge is 2.03. The van der Waals surface area contributed by atoms with Gasteiger partial charge in [0.2, 0.25) is 0 Å². The van der Waals surface area contributed by atoms with Gasteiger partial charge in [0.25, 0.3) is 0 Å². The van der Waals surface area contributed by atoms with Crippen molar-refractivity contribution in [3.63, 3.8) is 0 Å². The first-order valence-corrected chi connectivity index (χ1v) is 5.64. The van der Waals surface area contributed by atoms with Crippen LogP contribution in [0.1, 0.15) is 11.1 Å². The maximum Gasteiger partial charge on any atom is 0.0206 e. The second-order valence-electron chi connectivity index (χ2n) is 3.90. The number of hydrogen-bond acceptors (Lipinski definition) is 3. The minimum atomic E-state index is 0. The topological polar surface area (TPSA) is 64.1 Å². The van der Waals surface area contributed by atoms with Gasteiger partial charge in [-0.3, -0.25) is 0 Å². The van der Waals surface area contributed by atoms with Crippen LogP contribution in [0.4, 0.5) is 0 Å². The first-order chi connectivity index (χ1) is 7.76. The SMILES string of the molecule is C=Cc1ccc(CC(N)CNCCN)cc1.Cl.Cl.Cl. The molecule has 6 heteroatoms. The Hall–Kier alpha value is -0.290. The van der Waals surface area contributed by atoms with Gasteiger partial charge < -0.3 is 16.8 Å². The highest BCUT2D eigenvalue weighted by Crippen LogP contribution is 2.06. The molecule has 0 aliphatic carbocycles. The van der Waals surface area contributed by atoms with E-state index >= 15 is 0 Å². The van der Waals surface area contributed by atoms with Crippen LogP contribution in [-0.2, 0) is 6.42 Å². The lowest BCUT2D eigenvalue weighted by Gasteiger charge is -2.12. The molecule has 0 bridgehead atoms. The minimum absolute atomic E-state index is 0. The molecule has 0 aliphatic heterocycles. The molecular formula is C13H24Cl3N3. The van der Waals surface area contributed by atoms with Gasteiger partial charge in [0.05, 0.1) is 0 Å². The highest BCUT2D eigenvalue weighted by atomic mass is 35.5. The zero-order valence-corrected chi connectivity index (χ0v) is 13.3. The van der Waals surface area contributed by atoms with Gasteiger partial charge in [-0.05, 0) is 17.5 Å². The van der Waals surface area contributed by atoms with Crippen molar-refractivity contribution in [2.75, 3.05) is 19.6 Å². The van der Waals surface area contributed by atoms with E-state index in [4.69, 9.17) is 11.5 Å². The number of nitrogens with two attached hydrogens (primary N) is 2. The highest BCUT2D eigenvalue weighted by molar-refractivity contribution is 5.86. The molecule has 0 amide bonds. The average molecular weight is 329 g/mol. The molecule has 1 atom stereocenters. The molecule has 0 aliphatic rings. The summed E-state index contributed by atoms with van der Waals surface area (Å²) in [6, 6.07) is 8.45. The Balaban J connectivity index is -0.000000853. The molecule has 0 saturated carbocycles. The van der Waals surface area contributed by atoms with Crippen LogP contribution < -0.4 is 16.8 Å². The predicted molar refractivity (Wildman–Crippen MR) is 91.9 cm³/mol. The van der Waals surface area contributed by atoms with E-state index in [-0.39, 0.29) is 43.3 Å². The first-order valence-electron chi connectivity index (χ1n) is 5.64. The molecule has 0 fully saturated rings. The van der Waals surface area contributed by atoms with Crippen LogP contribution in [0.2, 0.25) is 0 Å². The summed E-state index contributed by atoms with van der Waals surface area (Å²) in [7, 11) is 0. The van der Waals surface area contributed by atoms with Crippen LogP contribution in [0.15, 0.2) is 30.8 Å². The predicted octanol–water partition coefficient (Wildman–Crippen LogP) is 2.01. The molecule has 112 valence electrons. The van der Waals surface area contributed by atoms with Gasteiger partial charge in [-0.1, -0.05) is 36.9 Å². The lowest BCUT2D eigenvalue weighted by Crippen LogP contribution is -2.37. The molecule has 0 radical (unpaired) electrons. The van der Waals surface area contributed by atoms with Gasteiger partial charge in [-0.15, -0.1) is 37.2 Å². The molecule has 0 spiro atoms. The zero-order valence-electron chi connectivity index (χ0n) is 10.9. The molecule has 1 unspecified atom stereocenters. The Labute approximate surface area is 134 Å². The molecule has 1 rings (SSSR count). The fourth-order valence-corrected chi connectivity index (χ4v) is 1.55. The largest absolute Gasteiger partial charge is 0.329 e. The van der Waals surface area contributed by atoms with E-state index in [1.54, 1.807) is 0 Å². The van der Waals surface area contributed by atoms with E-state index in [1.165, 1.54) is 5.56 Å². The Bertz CT molecular complexity index is 317. The van der Waals surface area contributed by atoms with Crippen molar-refractivity contribution in [1.82, 2.24) is 5.32 Å². The lowest BCUT2D eigenvalue weighted by atomic mass is 10.0. The number of benzene rings is 1. The van der Waals surface area contributed by atoms with Crippen molar-refractivity contribution >= 4 is 43.3 Å². The fraction of sp³-hybridized carbons (Fsp3) is 0.385. The van der Waals surface area contributed by atoms with E-state index in [0.29, 0.717) is 6.54 Å². The summed E-state index contributed by atoms with van der Waals surface area (Å²) in [5, 5.41) is 3.21. The Morgan fingerprint density at radius 1 is 1.16 bits per heavy atom. The van der Waals surface area contributed by atoms with Crippen molar-refractivity contribution in [1.29, 1.82) is 0 Å². The molecule has 0 heterocycles. The van der Waals surface area contributed by atoms with Crippen LogP contribution in [0, 0.1) is 0 Å². The number of halogens is 3. The van der Waals surface area contributed by atoms with E-state index in [1.807, 2.05) is 6.08 Å². The van der Waals surface area contributed by atoms with Gasteiger partial charge in [0.1, 0.15) is 0 Å². The molecule has 1 aromatic carbocycles. The maximum atomic E-state index is 5.99. The van der Waals surface area contributed by atoms with Gasteiger partial charge in [-0.25, -0.2) is 0 Å². The van der Waals surface area contributed by atoms with Crippen LogP contribution in [0.25, 0.3) is 6.08 Å². The first kappa shape index (κ1) is 23.8. The van der Waals surface area contributed by atoms with Gasteiger partial charge in [-0.2, -0.15) is 0 Å². The number of nitrogens with one attached hydrogen (secondary N) is 1. The van der Waals surface area contributed by atoms with E-state index in [0.717, 1.165) is 25.1 Å². The second kappa shape index (κ2) is 14.1. The summed E-state index contributed by atoms with van der Waals surface area (Å²) < 4.78 is 0. The second-order valence-corrected chi connectivity index (χ2v) is 3.90.